The lowest BCUT2D eigenvalue weighted by atomic mass is 10.3. The average molecular weight is 203 g/mol. The van der Waals surface area contributed by atoms with Gasteiger partial charge in [-0.2, -0.15) is 0 Å². The molecule has 0 amide bonds. The predicted molar refractivity (Wildman–Crippen MR) is 55.7 cm³/mol. The Morgan fingerprint density at radius 1 is 1.47 bits per heavy atom. The summed E-state index contributed by atoms with van der Waals surface area (Å²) in [6.45, 7) is 5.02. The number of carbonyl (C=O) groups is 1. The first kappa shape index (κ1) is 10.8. The van der Waals surface area contributed by atoms with Crippen LogP contribution >= 0.6 is 0 Å². The smallest absolute Gasteiger partial charge is 0.338 e. The molecule has 0 spiro atoms. The van der Waals surface area contributed by atoms with E-state index in [9.17, 15) is 4.79 Å². The molecule has 1 aromatic rings. The Morgan fingerprint density at radius 2 is 2.07 bits per heavy atom. The zero-order valence-corrected chi connectivity index (χ0v) is 8.17. The maximum Gasteiger partial charge on any atom is 0.338 e. The first-order chi connectivity index (χ1) is 7.13. The molecule has 0 fully saturated rings. The molecule has 0 atom stereocenters. The van der Waals surface area contributed by atoms with Gasteiger partial charge in [0.1, 0.15) is 5.75 Å². The quantitative estimate of drug-likeness (QED) is 0.189. The molecule has 1 rings (SSSR count). The van der Waals surface area contributed by atoms with Gasteiger partial charge in [0.05, 0.1) is 0 Å². The van der Waals surface area contributed by atoms with Crippen LogP contribution in [0.25, 0.3) is 10.4 Å². The van der Waals surface area contributed by atoms with Crippen LogP contribution in [0.5, 0.6) is 5.75 Å². The minimum absolute atomic E-state index is 0.328. The van der Waals surface area contributed by atoms with E-state index in [1.54, 1.807) is 31.2 Å². The molecule has 0 saturated heterocycles. The predicted octanol–water partition coefficient (Wildman–Crippen LogP) is 3.11. The molecule has 15 heavy (non-hydrogen) atoms. The molecule has 0 unspecified atom stereocenters. The number of ether oxygens (including phenoxy) is 1. The zero-order valence-electron chi connectivity index (χ0n) is 8.17. The fourth-order valence-electron chi connectivity index (χ4n) is 0.827. The highest BCUT2D eigenvalue weighted by atomic mass is 16.5. The van der Waals surface area contributed by atoms with Crippen LogP contribution < -0.4 is 4.74 Å². The molecular formula is C10H9N3O2. The molecule has 0 radical (unpaired) electrons. The monoisotopic (exact) mass is 203 g/mol. The molecule has 0 aliphatic heterocycles. The van der Waals surface area contributed by atoms with Crippen molar-refractivity contribution in [3.8, 4) is 5.75 Å². The lowest BCUT2D eigenvalue weighted by Gasteiger charge is -2.02. The lowest BCUT2D eigenvalue weighted by Crippen LogP contribution is -2.07. The molecule has 0 aromatic heterocycles. The average Bonchev–Trinajstić information content (AvgIpc) is 2.21. The Labute approximate surface area is 86.6 Å². The summed E-state index contributed by atoms with van der Waals surface area (Å²) < 4.78 is 4.94. The van der Waals surface area contributed by atoms with E-state index in [-0.39, 0.29) is 0 Å². The molecule has 0 heterocycles. The standard InChI is InChI=1S/C10H9N3O2/c1-7(2)10(14)15-9-5-3-8(4-6-9)12-13-11/h3-6H,1H2,2H3. The molecule has 1 aromatic carbocycles. The van der Waals surface area contributed by atoms with Crippen molar-refractivity contribution in [3.05, 3.63) is 46.9 Å². The first-order valence-corrected chi connectivity index (χ1v) is 4.16. The molecule has 5 nitrogen and oxygen atoms in total. The summed E-state index contributed by atoms with van der Waals surface area (Å²) in [6.07, 6.45) is 0. The van der Waals surface area contributed by atoms with Gasteiger partial charge in [0.25, 0.3) is 0 Å². The van der Waals surface area contributed by atoms with Gasteiger partial charge in [0.2, 0.25) is 0 Å². The Kier molecular flexibility index (Phi) is 3.49. The first-order valence-electron chi connectivity index (χ1n) is 4.16. The van der Waals surface area contributed by atoms with Crippen LogP contribution in [-0.2, 0) is 4.79 Å². The maximum absolute atomic E-state index is 11.1. The molecule has 5 heteroatoms. The van der Waals surface area contributed by atoms with Crippen LogP contribution in [0.2, 0.25) is 0 Å². The van der Waals surface area contributed by atoms with Crippen molar-refractivity contribution < 1.29 is 9.53 Å². The number of benzene rings is 1. The third kappa shape index (κ3) is 3.17. The molecule has 0 bridgehead atoms. The summed E-state index contributed by atoms with van der Waals surface area (Å²) in [5.74, 6) is -0.0913. The van der Waals surface area contributed by atoms with Crippen molar-refractivity contribution in [2.45, 2.75) is 6.92 Å². The molecule has 0 saturated carbocycles. The topological polar surface area (TPSA) is 75.1 Å². The van der Waals surface area contributed by atoms with Gasteiger partial charge >= 0.3 is 5.97 Å². The fraction of sp³-hybridized carbons (Fsp3) is 0.100. The van der Waals surface area contributed by atoms with Gasteiger partial charge in [-0.05, 0) is 36.7 Å². The highest BCUT2D eigenvalue weighted by Crippen LogP contribution is 2.18. The third-order valence-corrected chi connectivity index (χ3v) is 1.56. The van der Waals surface area contributed by atoms with Crippen LogP contribution in [0.3, 0.4) is 0 Å². The van der Waals surface area contributed by atoms with E-state index >= 15 is 0 Å². The van der Waals surface area contributed by atoms with Crippen LogP contribution in [0.4, 0.5) is 5.69 Å². The second-order valence-electron chi connectivity index (χ2n) is 2.85. The summed E-state index contributed by atoms with van der Waals surface area (Å²) in [7, 11) is 0. The molecule has 0 aliphatic rings. The number of rotatable bonds is 3. The highest BCUT2D eigenvalue weighted by Gasteiger charge is 2.04. The number of azide groups is 1. The SMILES string of the molecule is C=C(C)C(=O)Oc1ccc(N=[N+]=[N-])cc1. The lowest BCUT2D eigenvalue weighted by molar-refractivity contribution is -0.130. The van der Waals surface area contributed by atoms with E-state index in [4.69, 9.17) is 10.3 Å². The van der Waals surface area contributed by atoms with Crippen molar-refractivity contribution in [3.63, 3.8) is 0 Å². The van der Waals surface area contributed by atoms with E-state index in [1.807, 2.05) is 0 Å². The Balaban J connectivity index is 2.76. The summed E-state index contributed by atoms with van der Waals surface area (Å²) in [6, 6.07) is 6.21. The Morgan fingerprint density at radius 3 is 2.53 bits per heavy atom. The Hall–Kier alpha value is -2.26. The second kappa shape index (κ2) is 4.83. The number of esters is 1. The van der Waals surface area contributed by atoms with E-state index in [2.05, 4.69) is 16.6 Å². The third-order valence-electron chi connectivity index (χ3n) is 1.56. The molecular weight excluding hydrogens is 194 g/mol. The van der Waals surface area contributed by atoms with Gasteiger partial charge in [0.15, 0.2) is 0 Å². The zero-order chi connectivity index (χ0) is 11.3. The van der Waals surface area contributed by atoms with E-state index in [0.29, 0.717) is 17.0 Å². The van der Waals surface area contributed by atoms with E-state index < -0.39 is 5.97 Å². The van der Waals surface area contributed by atoms with Crippen molar-refractivity contribution in [2.75, 3.05) is 0 Å². The van der Waals surface area contributed by atoms with E-state index in [1.165, 1.54) is 0 Å². The summed E-state index contributed by atoms with van der Waals surface area (Å²) in [4.78, 5) is 13.7. The number of nitrogens with zero attached hydrogens (tertiary/aromatic N) is 3. The minimum Gasteiger partial charge on any atom is -0.423 e. The normalized spacial score (nSPS) is 8.87. The van der Waals surface area contributed by atoms with Crippen LogP contribution in [0.1, 0.15) is 6.92 Å². The summed E-state index contributed by atoms with van der Waals surface area (Å²) in [5, 5.41) is 3.38. The minimum atomic E-state index is -0.480. The van der Waals surface area contributed by atoms with Crippen molar-refractivity contribution in [2.24, 2.45) is 5.11 Å². The van der Waals surface area contributed by atoms with Gasteiger partial charge in [0, 0.05) is 16.2 Å². The van der Waals surface area contributed by atoms with Crippen LogP contribution in [0, 0.1) is 0 Å². The van der Waals surface area contributed by atoms with Crippen LogP contribution in [-0.4, -0.2) is 5.97 Å². The number of carbonyl (C=O) groups excluding carboxylic acids is 1. The van der Waals surface area contributed by atoms with Gasteiger partial charge in [-0.15, -0.1) is 0 Å². The largest absolute Gasteiger partial charge is 0.423 e. The molecule has 0 aliphatic carbocycles. The van der Waals surface area contributed by atoms with Crippen molar-refractivity contribution >= 4 is 11.7 Å². The van der Waals surface area contributed by atoms with Crippen molar-refractivity contribution in [1.82, 2.24) is 0 Å². The van der Waals surface area contributed by atoms with Gasteiger partial charge in [-0.3, -0.25) is 0 Å². The maximum atomic E-state index is 11.1. The molecule has 76 valence electrons. The highest BCUT2D eigenvalue weighted by molar-refractivity contribution is 5.88. The van der Waals surface area contributed by atoms with Gasteiger partial charge in [-0.25, -0.2) is 4.79 Å². The Bertz CT molecular complexity index is 430. The fourth-order valence-corrected chi connectivity index (χ4v) is 0.827. The second-order valence-corrected chi connectivity index (χ2v) is 2.85. The number of hydrogen-bond acceptors (Lipinski definition) is 3. The van der Waals surface area contributed by atoms with Gasteiger partial charge in [-0.1, -0.05) is 11.7 Å². The van der Waals surface area contributed by atoms with Crippen molar-refractivity contribution in [1.29, 1.82) is 0 Å². The summed E-state index contributed by atoms with van der Waals surface area (Å²) in [5.41, 5.74) is 8.96. The summed E-state index contributed by atoms with van der Waals surface area (Å²) >= 11 is 0. The van der Waals surface area contributed by atoms with Crippen LogP contribution in [0.15, 0.2) is 41.5 Å². The molecule has 0 N–H and O–H groups in total. The van der Waals surface area contributed by atoms with Gasteiger partial charge < -0.3 is 4.74 Å². The van der Waals surface area contributed by atoms with E-state index in [0.717, 1.165) is 0 Å². The number of hydrogen-bond donors (Lipinski definition) is 0.